The molecular weight excluding hydrogens is 484 g/mol. The number of carbonyl (C=O) groups is 1. The van der Waals surface area contributed by atoms with E-state index in [1.807, 2.05) is 19.1 Å². The number of nitrogens with zero attached hydrogens (tertiary/aromatic N) is 2. The van der Waals surface area contributed by atoms with Crippen molar-refractivity contribution in [1.82, 2.24) is 9.97 Å². The summed E-state index contributed by atoms with van der Waals surface area (Å²) in [6.45, 7) is 5.26. The highest BCUT2D eigenvalue weighted by atomic mass is 79.9. The summed E-state index contributed by atoms with van der Waals surface area (Å²) in [6.07, 6.45) is 0. The minimum Gasteiger partial charge on any atom is -0.484 e. The average Bonchev–Trinajstić information content (AvgIpc) is 2.68. The van der Waals surface area contributed by atoms with E-state index in [-0.39, 0.29) is 23.4 Å². The van der Waals surface area contributed by atoms with Crippen molar-refractivity contribution in [3.05, 3.63) is 70.0 Å². The van der Waals surface area contributed by atoms with E-state index >= 15 is 0 Å². The van der Waals surface area contributed by atoms with E-state index in [4.69, 9.17) is 4.74 Å². The molecule has 2 aromatic carbocycles. The summed E-state index contributed by atoms with van der Waals surface area (Å²) < 4.78 is 33.9. The zero-order chi connectivity index (χ0) is 22.6. The van der Waals surface area contributed by atoms with Gasteiger partial charge >= 0.3 is 0 Å². The molecule has 0 radical (unpaired) electrons. The lowest BCUT2D eigenvalue weighted by Gasteiger charge is -2.10. The second-order valence-electron chi connectivity index (χ2n) is 6.85. The van der Waals surface area contributed by atoms with E-state index in [9.17, 15) is 13.2 Å². The Morgan fingerprint density at radius 1 is 1.00 bits per heavy atom. The number of anilines is 2. The van der Waals surface area contributed by atoms with Crippen LogP contribution >= 0.6 is 15.9 Å². The molecule has 0 saturated carbocycles. The fourth-order valence-corrected chi connectivity index (χ4v) is 3.91. The Bertz CT molecular complexity index is 1190. The summed E-state index contributed by atoms with van der Waals surface area (Å²) in [5, 5.41) is 2.67. The first-order valence-corrected chi connectivity index (χ1v) is 11.5. The predicted octanol–water partition coefficient (Wildman–Crippen LogP) is 3.98. The molecule has 8 nitrogen and oxygen atoms in total. The molecule has 0 aliphatic rings. The number of benzene rings is 2. The van der Waals surface area contributed by atoms with Crippen molar-refractivity contribution >= 4 is 43.5 Å². The van der Waals surface area contributed by atoms with Crippen molar-refractivity contribution in [3.8, 4) is 5.75 Å². The minimum atomic E-state index is -3.86. The maximum Gasteiger partial charge on any atom is 0.264 e. The lowest BCUT2D eigenvalue weighted by Crippen LogP contribution is -2.20. The smallest absolute Gasteiger partial charge is 0.264 e. The maximum atomic E-state index is 12.6. The molecular formula is C21H21BrN4O4S. The van der Waals surface area contributed by atoms with Crippen molar-refractivity contribution in [2.75, 3.05) is 16.6 Å². The van der Waals surface area contributed by atoms with Crippen LogP contribution in [0.4, 0.5) is 11.6 Å². The normalized spacial score (nSPS) is 11.1. The highest BCUT2D eigenvalue weighted by Crippen LogP contribution is 2.22. The van der Waals surface area contributed by atoms with Gasteiger partial charge in [0.05, 0.1) is 4.90 Å². The average molecular weight is 505 g/mol. The van der Waals surface area contributed by atoms with Crippen LogP contribution in [-0.2, 0) is 14.8 Å². The number of amides is 1. The summed E-state index contributed by atoms with van der Waals surface area (Å²) in [6, 6.07) is 13.0. The summed E-state index contributed by atoms with van der Waals surface area (Å²) in [5.41, 5.74) is 2.75. The highest BCUT2D eigenvalue weighted by molar-refractivity contribution is 9.10. The number of aromatic nitrogens is 2. The zero-order valence-corrected chi connectivity index (χ0v) is 19.5. The second-order valence-corrected chi connectivity index (χ2v) is 9.39. The fraction of sp³-hybridized carbons (Fsp3) is 0.190. The van der Waals surface area contributed by atoms with Gasteiger partial charge < -0.3 is 10.1 Å². The molecule has 0 bridgehead atoms. The third kappa shape index (κ3) is 6.25. The first kappa shape index (κ1) is 22.7. The van der Waals surface area contributed by atoms with E-state index < -0.39 is 10.0 Å². The molecule has 0 spiro atoms. The summed E-state index contributed by atoms with van der Waals surface area (Å²) >= 11 is 3.41. The molecule has 0 atom stereocenters. The van der Waals surface area contributed by atoms with E-state index in [0.717, 1.165) is 10.0 Å². The van der Waals surface area contributed by atoms with Gasteiger partial charge in [-0.25, -0.2) is 23.1 Å². The molecule has 0 aliphatic carbocycles. The van der Waals surface area contributed by atoms with Gasteiger partial charge in [0.15, 0.2) is 6.61 Å². The molecule has 0 saturated heterocycles. The first-order chi connectivity index (χ1) is 14.6. The van der Waals surface area contributed by atoms with Gasteiger partial charge in [0.1, 0.15) is 5.75 Å². The second kappa shape index (κ2) is 9.44. The van der Waals surface area contributed by atoms with Crippen LogP contribution in [0, 0.1) is 20.8 Å². The van der Waals surface area contributed by atoms with Gasteiger partial charge in [-0.05, 0) is 74.9 Å². The molecule has 0 unspecified atom stereocenters. The number of hydrogen-bond acceptors (Lipinski definition) is 6. The molecule has 3 rings (SSSR count). The Kier molecular flexibility index (Phi) is 6.91. The predicted molar refractivity (Wildman–Crippen MR) is 122 cm³/mol. The lowest BCUT2D eigenvalue weighted by atomic mass is 10.2. The van der Waals surface area contributed by atoms with Gasteiger partial charge in [-0.1, -0.05) is 15.9 Å². The molecule has 162 valence electrons. The highest BCUT2D eigenvalue weighted by Gasteiger charge is 2.16. The number of sulfonamides is 1. The molecule has 1 aromatic heterocycles. The van der Waals surface area contributed by atoms with Gasteiger partial charge in [0, 0.05) is 21.5 Å². The van der Waals surface area contributed by atoms with Gasteiger partial charge in [0.2, 0.25) is 5.95 Å². The van der Waals surface area contributed by atoms with Crippen LogP contribution in [0.5, 0.6) is 5.75 Å². The Balaban J connectivity index is 1.61. The lowest BCUT2D eigenvalue weighted by molar-refractivity contribution is -0.118. The van der Waals surface area contributed by atoms with Crippen LogP contribution in [0.25, 0.3) is 0 Å². The molecule has 1 amide bonds. The standard InChI is InChI=1S/C21H21BrN4O4S/c1-13-10-17(6-9-19(13)22)30-12-20(27)25-16-4-7-18(8-5-16)31(28,29)26-21-23-14(2)11-15(3)24-21/h4-11H,12H2,1-3H3,(H,25,27)(H,23,24,26). The molecule has 3 aromatic rings. The Labute approximate surface area is 189 Å². The number of halogens is 1. The largest absolute Gasteiger partial charge is 0.484 e. The van der Waals surface area contributed by atoms with E-state index in [0.29, 0.717) is 22.8 Å². The minimum absolute atomic E-state index is 0.00945. The van der Waals surface area contributed by atoms with Crippen LogP contribution in [0.2, 0.25) is 0 Å². The van der Waals surface area contributed by atoms with Crippen LogP contribution in [0.15, 0.2) is 57.9 Å². The van der Waals surface area contributed by atoms with Crippen molar-refractivity contribution in [3.63, 3.8) is 0 Å². The number of ether oxygens (including phenoxy) is 1. The number of hydrogen-bond donors (Lipinski definition) is 2. The van der Waals surface area contributed by atoms with Gasteiger partial charge in [-0.3, -0.25) is 4.79 Å². The van der Waals surface area contributed by atoms with Crippen LogP contribution in [0.3, 0.4) is 0 Å². The first-order valence-electron chi connectivity index (χ1n) is 9.26. The summed E-state index contributed by atoms with van der Waals surface area (Å²) in [5.74, 6) is 0.227. The Morgan fingerprint density at radius 3 is 2.26 bits per heavy atom. The quantitative estimate of drug-likeness (QED) is 0.503. The number of aryl methyl sites for hydroxylation is 3. The third-order valence-electron chi connectivity index (χ3n) is 4.16. The zero-order valence-electron chi connectivity index (χ0n) is 17.1. The monoisotopic (exact) mass is 504 g/mol. The maximum absolute atomic E-state index is 12.6. The van der Waals surface area contributed by atoms with Gasteiger partial charge in [-0.2, -0.15) is 0 Å². The summed E-state index contributed by atoms with van der Waals surface area (Å²) in [4.78, 5) is 20.3. The SMILES string of the molecule is Cc1cc(C)nc(NS(=O)(=O)c2ccc(NC(=O)COc3ccc(Br)c(C)c3)cc2)n1. The Hall–Kier alpha value is -2.98. The van der Waals surface area contributed by atoms with E-state index in [1.54, 1.807) is 26.0 Å². The number of nitrogens with one attached hydrogen (secondary N) is 2. The van der Waals surface area contributed by atoms with Crippen molar-refractivity contribution in [2.24, 2.45) is 0 Å². The van der Waals surface area contributed by atoms with Crippen LogP contribution in [0.1, 0.15) is 17.0 Å². The Morgan fingerprint density at radius 2 is 1.65 bits per heavy atom. The molecule has 0 aliphatic heterocycles. The fourth-order valence-electron chi connectivity index (χ4n) is 2.72. The molecule has 31 heavy (non-hydrogen) atoms. The number of rotatable bonds is 7. The van der Waals surface area contributed by atoms with Gasteiger partial charge in [0.25, 0.3) is 15.9 Å². The molecule has 0 fully saturated rings. The van der Waals surface area contributed by atoms with E-state index in [2.05, 4.69) is 35.9 Å². The van der Waals surface area contributed by atoms with Gasteiger partial charge in [-0.15, -0.1) is 0 Å². The molecule has 2 N–H and O–H groups in total. The number of carbonyl (C=O) groups excluding carboxylic acids is 1. The van der Waals surface area contributed by atoms with Crippen molar-refractivity contribution in [1.29, 1.82) is 0 Å². The van der Waals surface area contributed by atoms with Crippen molar-refractivity contribution < 1.29 is 17.9 Å². The summed E-state index contributed by atoms with van der Waals surface area (Å²) in [7, 11) is -3.86. The molecule has 10 heteroatoms. The van der Waals surface area contributed by atoms with E-state index in [1.165, 1.54) is 24.3 Å². The topological polar surface area (TPSA) is 110 Å². The van der Waals surface area contributed by atoms with Crippen LogP contribution < -0.4 is 14.8 Å². The molecule has 1 heterocycles. The third-order valence-corrected chi connectivity index (χ3v) is 6.39. The van der Waals surface area contributed by atoms with Crippen LogP contribution in [-0.4, -0.2) is 30.9 Å². The van der Waals surface area contributed by atoms with Crippen molar-refractivity contribution in [2.45, 2.75) is 25.7 Å².